The highest BCUT2D eigenvalue weighted by Crippen LogP contribution is 2.20. The lowest BCUT2D eigenvalue weighted by Crippen LogP contribution is -2.43. The number of aliphatic imine (C=N–C) groups is 1. The Labute approximate surface area is 158 Å². The number of aryl methyl sites for hydroxylation is 2. The number of guanidine groups is 1. The van der Waals surface area contributed by atoms with E-state index in [1.165, 1.54) is 11.3 Å². The maximum atomic E-state index is 4.49. The summed E-state index contributed by atoms with van der Waals surface area (Å²) >= 11 is 3.50. The molecule has 0 radical (unpaired) electrons. The van der Waals surface area contributed by atoms with E-state index in [1.54, 1.807) is 23.1 Å². The van der Waals surface area contributed by atoms with Crippen LogP contribution >= 0.6 is 23.1 Å². The van der Waals surface area contributed by atoms with Gasteiger partial charge in [0, 0.05) is 49.7 Å². The number of hydrogen-bond acceptors (Lipinski definition) is 5. The fourth-order valence-electron chi connectivity index (χ4n) is 2.62. The first-order chi connectivity index (χ1) is 12.0. The van der Waals surface area contributed by atoms with Gasteiger partial charge in [-0.15, -0.1) is 11.3 Å². The molecule has 0 amide bonds. The van der Waals surface area contributed by atoms with Crippen LogP contribution in [0.2, 0.25) is 0 Å². The van der Waals surface area contributed by atoms with Gasteiger partial charge in [0.1, 0.15) is 4.34 Å². The molecule has 0 bridgehead atoms. The highest BCUT2D eigenvalue weighted by molar-refractivity contribution is 8.00. The van der Waals surface area contributed by atoms with E-state index in [0.29, 0.717) is 0 Å². The molecule has 0 aliphatic heterocycles. The van der Waals surface area contributed by atoms with Crippen LogP contribution in [0.5, 0.6) is 0 Å². The van der Waals surface area contributed by atoms with Gasteiger partial charge in [-0.2, -0.15) is 5.10 Å². The van der Waals surface area contributed by atoms with Crippen LogP contribution < -0.4 is 10.6 Å². The van der Waals surface area contributed by atoms with Crippen molar-refractivity contribution in [3.05, 3.63) is 28.5 Å². The van der Waals surface area contributed by atoms with Gasteiger partial charge in [0.25, 0.3) is 0 Å². The first-order valence-corrected chi connectivity index (χ1v) is 10.4. The minimum absolute atomic E-state index is 0.289. The molecule has 1 atom stereocenters. The molecule has 0 aliphatic rings. The molecule has 0 aliphatic carbocycles. The maximum absolute atomic E-state index is 4.49. The van der Waals surface area contributed by atoms with E-state index in [1.807, 2.05) is 30.4 Å². The molecule has 0 saturated carbocycles. The number of nitrogens with zero attached hydrogens (tertiary/aromatic N) is 4. The van der Waals surface area contributed by atoms with Gasteiger partial charge in [0.15, 0.2) is 5.96 Å². The highest BCUT2D eigenvalue weighted by Gasteiger charge is 2.13. The third kappa shape index (κ3) is 6.04. The SMILES string of the molecule is CN=C(NCCCSc1nccs1)NC(C)Cc1c(C)nn(C)c1C. The van der Waals surface area contributed by atoms with E-state index in [2.05, 4.69) is 46.5 Å². The normalized spacial score (nSPS) is 13.1. The summed E-state index contributed by atoms with van der Waals surface area (Å²) in [6.45, 7) is 7.27. The fourth-order valence-corrected chi connectivity index (χ4v) is 4.27. The first kappa shape index (κ1) is 19.8. The molecular formula is C17H28N6S2. The van der Waals surface area contributed by atoms with E-state index in [-0.39, 0.29) is 6.04 Å². The molecule has 8 heteroatoms. The van der Waals surface area contributed by atoms with E-state index < -0.39 is 0 Å². The fraction of sp³-hybridized carbons (Fsp3) is 0.588. The van der Waals surface area contributed by atoms with Crippen LogP contribution in [0.15, 0.2) is 20.9 Å². The Hall–Kier alpha value is -1.54. The minimum Gasteiger partial charge on any atom is -0.356 e. The van der Waals surface area contributed by atoms with Gasteiger partial charge in [-0.25, -0.2) is 4.98 Å². The molecule has 0 spiro atoms. The summed E-state index contributed by atoms with van der Waals surface area (Å²) in [7, 11) is 3.81. The smallest absolute Gasteiger partial charge is 0.191 e. The van der Waals surface area contributed by atoms with Gasteiger partial charge in [-0.3, -0.25) is 9.67 Å². The van der Waals surface area contributed by atoms with Gasteiger partial charge in [-0.05, 0) is 39.2 Å². The molecule has 138 valence electrons. The Morgan fingerprint density at radius 1 is 1.44 bits per heavy atom. The van der Waals surface area contributed by atoms with Crippen LogP contribution in [-0.2, 0) is 13.5 Å². The molecule has 25 heavy (non-hydrogen) atoms. The number of aromatic nitrogens is 3. The molecule has 0 fully saturated rings. The lowest BCUT2D eigenvalue weighted by molar-refractivity contribution is 0.634. The number of thioether (sulfide) groups is 1. The summed E-state index contributed by atoms with van der Waals surface area (Å²) in [6, 6.07) is 0.289. The van der Waals surface area contributed by atoms with Crippen LogP contribution in [0.3, 0.4) is 0 Å². The van der Waals surface area contributed by atoms with Crippen molar-refractivity contribution in [1.29, 1.82) is 0 Å². The largest absolute Gasteiger partial charge is 0.356 e. The molecule has 0 saturated heterocycles. The van der Waals surface area contributed by atoms with E-state index in [0.717, 1.165) is 41.1 Å². The van der Waals surface area contributed by atoms with Crippen molar-refractivity contribution >= 4 is 29.1 Å². The monoisotopic (exact) mass is 380 g/mol. The van der Waals surface area contributed by atoms with Gasteiger partial charge < -0.3 is 10.6 Å². The van der Waals surface area contributed by atoms with Crippen molar-refractivity contribution in [3.8, 4) is 0 Å². The Bertz CT molecular complexity index is 678. The van der Waals surface area contributed by atoms with Crippen LogP contribution in [0.25, 0.3) is 0 Å². The van der Waals surface area contributed by atoms with Crippen molar-refractivity contribution in [3.63, 3.8) is 0 Å². The minimum atomic E-state index is 0.289. The Balaban J connectivity index is 1.71. The molecule has 6 nitrogen and oxygen atoms in total. The highest BCUT2D eigenvalue weighted by atomic mass is 32.2. The van der Waals surface area contributed by atoms with Crippen molar-refractivity contribution in [1.82, 2.24) is 25.4 Å². The predicted octanol–water partition coefficient (Wildman–Crippen LogP) is 2.77. The quantitative estimate of drug-likeness (QED) is 0.319. The predicted molar refractivity (Wildman–Crippen MR) is 108 cm³/mol. The number of hydrogen-bond donors (Lipinski definition) is 2. The Morgan fingerprint density at radius 2 is 2.24 bits per heavy atom. The second-order valence-corrected chi connectivity index (χ2v) is 8.26. The second-order valence-electron chi connectivity index (χ2n) is 6.02. The summed E-state index contributed by atoms with van der Waals surface area (Å²) in [5.74, 6) is 1.91. The second kappa shape index (κ2) is 9.82. The molecule has 2 aromatic rings. The zero-order valence-electron chi connectivity index (χ0n) is 15.7. The van der Waals surface area contributed by atoms with E-state index in [4.69, 9.17) is 0 Å². The van der Waals surface area contributed by atoms with Crippen LogP contribution in [-0.4, -0.2) is 46.1 Å². The third-order valence-corrected chi connectivity index (χ3v) is 6.08. The molecule has 2 heterocycles. The average Bonchev–Trinajstić information content (AvgIpc) is 3.18. The van der Waals surface area contributed by atoms with E-state index >= 15 is 0 Å². The van der Waals surface area contributed by atoms with Crippen molar-refractivity contribution in [2.75, 3.05) is 19.3 Å². The number of thiazole rings is 1. The lowest BCUT2D eigenvalue weighted by Gasteiger charge is -2.18. The molecule has 2 N–H and O–H groups in total. The topological polar surface area (TPSA) is 67.1 Å². The van der Waals surface area contributed by atoms with Crippen LogP contribution in [0, 0.1) is 13.8 Å². The van der Waals surface area contributed by atoms with E-state index in [9.17, 15) is 0 Å². The van der Waals surface area contributed by atoms with Gasteiger partial charge in [0.05, 0.1) is 5.69 Å². The molecular weight excluding hydrogens is 352 g/mol. The molecule has 2 aromatic heterocycles. The summed E-state index contributed by atoms with van der Waals surface area (Å²) in [5.41, 5.74) is 3.65. The van der Waals surface area contributed by atoms with Gasteiger partial charge >= 0.3 is 0 Å². The average molecular weight is 381 g/mol. The number of nitrogens with one attached hydrogen (secondary N) is 2. The van der Waals surface area contributed by atoms with Gasteiger partial charge in [-0.1, -0.05) is 11.8 Å². The van der Waals surface area contributed by atoms with Gasteiger partial charge in [0.2, 0.25) is 0 Å². The summed E-state index contributed by atoms with van der Waals surface area (Å²) in [5, 5.41) is 13.4. The Kier molecular flexibility index (Phi) is 7.77. The lowest BCUT2D eigenvalue weighted by atomic mass is 10.1. The number of rotatable bonds is 8. The zero-order valence-corrected chi connectivity index (χ0v) is 17.3. The first-order valence-electron chi connectivity index (χ1n) is 8.49. The summed E-state index contributed by atoms with van der Waals surface area (Å²) in [6.07, 6.45) is 3.86. The maximum Gasteiger partial charge on any atom is 0.191 e. The summed E-state index contributed by atoms with van der Waals surface area (Å²) in [4.78, 5) is 8.60. The summed E-state index contributed by atoms with van der Waals surface area (Å²) < 4.78 is 3.09. The molecule has 0 aromatic carbocycles. The molecule has 2 rings (SSSR count). The zero-order chi connectivity index (χ0) is 18.2. The van der Waals surface area contributed by atoms with Crippen molar-refractivity contribution in [2.45, 2.75) is 44.0 Å². The van der Waals surface area contributed by atoms with Crippen molar-refractivity contribution in [2.24, 2.45) is 12.0 Å². The van der Waals surface area contributed by atoms with Crippen LogP contribution in [0.4, 0.5) is 0 Å². The van der Waals surface area contributed by atoms with Crippen LogP contribution in [0.1, 0.15) is 30.3 Å². The molecule has 1 unspecified atom stereocenters. The van der Waals surface area contributed by atoms with Crippen molar-refractivity contribution < 1.29 is 0 Å². The standard InChI is InChI=1S/C17H28N6S2/c1-12(11-15-13(2)22-23(5)14(15)3)21-16(18-4)19-7-6-9-24-17-20-8-10-25-17/h8,10,12H,6-7,9,11H2,1-5H3,(H2,18,19,21). The third-order valence-electron chi connectivity index (χ3n) is 4.02. The Morgan fingerprint density at radius 3 is 2.84 bits per heavy atom.